The Morgan fingerprint density at radius 2 is 0.848 bits per heavy atom. The van der Waals surface area contributed by atoms with Gasteiger partial charge in [0.15, 0.2) is 0 Å². The Bertz CT molecular complexity index is 866. The largest absolute Gasteiger partial charge is 0.491 e. The molecule has 0 aromatic heterocycles. The molecule has 1 rings (SSSR count). The van der Waals surface area contributed by atoms with Crippen LogP contribution in [0.1, 0.15) is 27.2 Å². The summed E-state index contributed by atoms with van der Waals surface area (Å²) < 4.78 is 59.6. The fourth-order valence-corrected chi connectivity index (χ4v) is 3.29. The quantitative estimate of drug-likeness (QED) is 0.0479. The summed E-state index contributed by atoms with van der Waals surface area (Å²) >= 11 is 0. The van der Waals surface area contributed by atoms with Gasteiger partial charge in [0.25, 0.3) is 5.69 Å². The maximum absolute atomic E-state index is 11.6. The topological polar surface area (TPSA) is 162 Å². The van der Waals surface area contributed by atoms with Crippen LogP contribution in [-0.4, -0.2) is 142 Å². The summed E-state index contributed by atoms with van der Waals surface area (Å²) in [5.74, 6) is 0.281. The normalized spacial score (nSPS) is 11.5. The van der Waals surface area contributed by atoms with E-state index in [1.165, 1.54) is 12.1 Å². The van der Waals surface area contributed by atoms with Crippen LogP contribution in [0.25, 0.3) is 0 Å². The van der Waals surface area contributed by atoms with Gasteiger partial charge in [0, 0.05) is 12.1 Å². The first-order valence-corrected chi connectivity index (χ1v) is 15.6. The van der Waals surface area contributed by atoms with Crippen LogP contribution in [-0.2, 0) is 52.2 Å². The van der Waals surface area contributed by atoms with E-state index in [-0.39, 0.29) is 18.1 Å². The van der Waals surface area contributed by atoms with Gasteiger partial charge in [-0.2, -0.15) is 0 Å². The minimum absolute atomic E-state index is 0.0226. The van der Waals surface area contributed by atoms with Gasteiger partial charge in [0.2, 0.25) is 0 Å². The minimum Gasteiger partial charge on any atom is -0.491 e. The van der Waals surface area contributed by atoms with Gasteiger partial charge in [-0.15, -0.1) is 0 Å². The highest BCUT2D eigenvalue weighted by atomic mass is 16.6. The summed E-state index contributed by atoms with van der Waals surface area (Å²) in [5, 5.41) is 10.6. The van der Waals surface area contributed by atoms with E-state index in [1.54, 1.807) is 12.1 Å². The number of carbonyl (C=O) groups excluding carboxylic acids is 1. The smallest absolute Gasteiger partial charge is 0.308 e. The van der Waals surface area contributed by atoms with Gasteiger partial charge in [0.1, 0.15) is 18.0 Å². The molecule has 0 saturated heterocycles. The van der Waals surface area contributed by atoms with E-state index in [1.807, 2.05) is 20.8 Å². The zero-order valence-electron chi connectivity index (χ0n) is 27.6. The number of hydrogen-bond donors (Lipinski definition) is 0. The number of rotatable bonds is 32. The maximum Gasteiger partial charge on any atom is 0.308 e. The van der Waals surface area contributed by atoms with Crippen LogP contribution < -0.4 is 4.74 Å². The van der Waals surface area contributed by atoms with Crippen LogP contribution in [0, 0.1) is 10.1 Å². The lowest BCUT2D eigenvalue weighted by Crippen LogP contribution is -2.24. The van der Waals surface area contributed by atoms with Crippen LogP contribution in [0.2, 0.25) is 0 Å². The van der Waals surface area contributed by atoms with E-state index in [2.05, 4.69) is 0 Å². The number of esters is 1. The van der Waals surface area contributed by atoms with E-state index in [0.29, 0.717) is 131 Å². The molecule has 0 radical (unpaired) electrons. The molecule has 15 heteroatoms. The zero-order valence-corrected chi connectivity index (χ0v) is 27.6. The lowest BCUT2D eigenvalue weighted by Gasteiger charge is -2.19. The fourth-order valence-electron chi connectivity index (χ4n) is 3.29. The van der Waals surface area contributed by atoms with Crippen molar-refractivity contribution in [1.29, 1.82) is 0 Å². The second-order valence-electron chi connectivity index (χ2n) is 10.4. The highest BCUT2D eigenvalue weighted by molar-refractivity contribution is 5.69. The van der Waals surface area contributed by atoms with Gasteiger partial charge in [-0.1, -0.05) is 0 Å². The molecule has 0 bridgehead atoms. The molecule has 266 valence electrons. The van der Waals surface area contributed by atoms with Crippen molar-refractivity contribution in [3.63, 3.8) is 0 Å². The predicted octanol–water partition coefficient (Wildman–Crippen LogP) is 2.85. The first-order chi connectivity index (χ1) is 22.3. The molecule has 15 nitrogen and oxygen atoms in total. The molecule has 0 aliphatic rings. The number of nitro benzene ring substituents is 1. The molecule has 0 N–H and O–H groups in total. The summed E-state index contributed by atoms with van der Waals surface area (Å²) in [4.78, 5) is 21.7. The molecule has 1 aromatic carbocycles. The van der Waals surface area contributed by atoms with E-state index in [0.717, 1.165) is 0 Å². The Hall–Kier alpha value is -2.47. The third-order valence-electron chi connectivity index (χ3n) is 5.39. The zero-order chi connectivity index (χ0) is 33.6. The van der Waals surface area contributed by atoms with E-state index in [4.69, 9.17) is 52.1 Å². The van der Waals surface area contributed by atoms with Crippen molar-refractivity contribution in [3.8, 4) is 5.75 Å². The van der Waals surface area contributed by atoms with Crippen molar-refractivity contribution < 1.29 is 61.8 Å². The third-order valence-corrected chi connectivity index (χ3v) is 5.39. The summed E-state index contributed by atoms with van der Waals surface area (Å²) in [6.07, 6.45) is 0.225. The minimum atomic E-state index is -0.479. The van der Waals surface area contributed by atoms with Gasteiger partial charge < -0.3 is 52.1 Å². The van der Waals surface area contributed by atoms with Crippen molar-refractivity contribution in [2.45, 2.75) is 32.8 Å². The number of nitrogens with zero attached hydrogens (tertiary/aromatic N) is 1. The Morgan fingerprint density at radius 3 is 1.15 bits per heavy atom. The Kier molecular flexibility index (Phi) is 26.0. The van der Waals surface area contributed by atoms with Crippen molar-refractivity contribution in [2.75, 3.05) is 126 Å². The molecule has 1 aromatic rings. The van der Waals surface area contributed by atoms with E-state index < -0.39 is 10.5 Å². The molecule has 0 amide bonds. The highest BCUT2D eigenvalue weighted by Gasteiger charge is 2.15. The molecular formula is C31H53NO14. The third kappa shape index (κ3) is 27.8. The molecule has 0 saturated carbocycles. The van der Waals surface area contributed by atoms with Gasteiger partial charge >= 0.3 is 5.97 Å². The Balaban J connectivity index is 1.68. The van der Waals surface area contributed by atoms with Crippen molar-refractivity contribution >= 4 is 11.7 Å². The maximum atomic E-state index is 11.6. The van der Waals surface area contributed by atoms with Gasteiger partial charge in [-0.3, -0.25) is 14.9 Å². The molecule has 0 aliphatic carbocycles. The fraction of sp³-hybridized carbons (Fsp3) is 0.774. The summed E-state index contributed by atoms with van der Waals surface area (Å²) in [6.45, 7) is 13.9. The molecule has 0 unspecified atom stereocenters. The molecule has 46 heavy (non-hydrogen) atoms. The van der Waals surface area contributed by atoms with E-state index >= 15 is 0 Å². The number of carbonyl (C=O) groups is 1. The molecular weight excluding hydrogens is 610 g/mol. The number of ether oxygens (including phenoxy) is 11. The average Bonchev–Trinajstić information content (AvgIpc) is 3.01. The Morgan fingerprint density at radius 1 is 0.543 bits per heavy atom. The first-order valence-electron chi connectivity index (χ1n) is 15.6. The van der Waals surface area contributed by atoms with Crippen LogP contribution >= 0.6 is 0 Å². The summed E-state index contributed by atoms with van der Waals surface area (Å²) in [5.41, 5.74) is -0.457. The standard InChI is InChI=1S/C31H53NO14/c1-31(2,3)46-30(33)8-9-36-10-11-37-12-13-38-14-15-39-16-17-40-18-19-41-20-21-42-22-23-43-24-25-44-26-27-45-29-6-4-28(5-7-29)32(34)35/h4-7H,8-27H2,1-3H3. The summed E-state index contributed by atoms with van der Waals surface area (Å²) in [7, 11) is 0. The molecule has 0 atom stereocenters. The number of benzene rings is 1. The SMILES string of the molecule is CC(C)(C)OC(=O)CCOCCOCCOCCOCCOCCOCCOCCOCCOCCOc1ccc([N+](=O)[O-])cc1. The van der Waals surface area contributed by atoms with E-state index in [9.17, 15) is 14.9 Å². The predicted molar refractivity (Wildman–Crippen MR) is 166 cm³/mol. The highest BCUT2D eigenvalue weighted by Crippen LogP contribution is 2.17. The van der Waals surface area contributed by atoms with Crippen LogP contribution in [0.3, 0.4) is 0 Å². The van der Waals surface area contributed by atoms with Crippen molar-refractivity contribution in [2.24, 2.45) is 0 Å². The van der Waals surface area contributed by atoms with Crippen LogP contribution in [0.4, 0.5) is 5.69 Å². The van der Waals surface area contributed by atoms with Crippen molar-refractivity contribution in [3.05, 3.63) is 34.4 Å². The second kappa shape index (κ2) is 28.7. The van der Waals surface area contributed by atoms with Crippen molar-refractivity contribution in [1.82, 2.24) is 0 Å². The van der Waals surface area contributed by atoms with Gasteiger partial charge in [-0.25, -0.2) is 0 Å². The lowest BCUT2D eigenvalue weighted by atomic mass is 10.2. The molecule has 0 heterocycles. The molecule has 0 aliphatic heterocycles. The average molecular weight is 664 g/mol. The van der Waals surface area contributed by atoms with Crippen LogP contribution in [0.15, 0.2) is 24.3 Å². The Labute approximate surface area is 272 Å². The monoisotopic (exact) mass is 663 g/mol. The number of hydrogen-bond acceptors (Lipinski definition) is 14. The van der Waals surface area contributed by atoms with Gasteiger partial charge in [0.05, 0.1) is 130 Å². The van der Waals surface area contributed by atoms with Crippen LogP contribution in [0.5, 0.6) is 5.75 Å². The second-order valence-corrected chi connectivity index (χ2v) is 10.4. The molecule has 0 fully saturated rings. The summed E-state index contributed by atoms with van der Waals surface area (Å²) in [6, 6.07) is 5.90. The lowest BCUT2D eigenvalue weighted by molar-refractivity contribution is -0.384. The number of nitro groups is 1. The first kappa shape index (κ1) is 41.6. The number of non-ortho nitro benzene ring substituents is 1. The molecule has 0 spiro atoms. The van der Waals surface area contributed by atoms with Gasteiger partial charge in [-0.05, 0) is 32.9 Å².